The maximum absolute atomic E-state index is 11.1. The molecule has 0 fully saturated rings. The van der Waals surface area contributed by atoms with Crippen molar-refractivity contribution in [2.45, 2.75) is 42.4 Å². The quantitative estimate of drug-likeness (QED) is 0.609. The van der Waals surface area contributed by atoms with Gasteiger partial charge < -0.3 is 4.57 Å². The number of pyridine rings is 1. The Morgan fingerprint density at radius 3 is 3.00 bits per heavy atom. The normalized spacial score (nSPS) is 14.5. The van der Waals surface area contributed by atoms with E-state index in [0.29, 0.717) is 14.7 Å². The van der Waals surface area contributed by atoms with Gasteiger partial charge in [0, 0.05) is 29.7 Å². The van der Waals surface area contributed by atoms with Gasteiger partial charge in [-0.25, -0.2) is 4.98 Å². The molecule has 3 heterocycles. The Hall–Kier alpha value is -1.48. The van der Waals surface area contributed by atoms with Crippen LogP contribution in [0.5, 0.6) is 0 Å². The van der Waals surface area contributed by atoms with Crippen molar-refractivity contribution in [2.75, 3.05) is 0 Å². The summed E-state index contributed by atoms with van der Waals surface area (Å²) in [6.07, 6.45) is 5.82. The summed E-state index contributed by atoms with van der Waals surface area (Å²) in [4.78, 5) is 14.8. The van der Waals surface area contributed by atoms with E-state index in [2.05, 4.69) is 31.1 Å². The van der Waals surface area contributed by atoms with Gasteiger partial charge in [0.05, 0.1) is 4.92 Å². The Balaban J connectivity index is 1.94. The fourth-order valence-corrected chi connectivity index (χ4v) is 3.47. The molecule has 0 radical (unpaired) electrons. The number of fused-ring (bicyclic) bond motifs is 1. The lowest BCUT2D eigenvalue weighted by Gasteiger charge is -2.06. The van der Waals surface area contributed by atoms with Gasteiger partial charge in [-0.3, -0.25) is 10.1 Å². The topological polar surface area (TPSA) is 86.7 Å². The van der Waals surface area contributed by atoms with Gasteiger partial charge in [-0.1, -0.05) is 6.42 Å². The lowest BCUT2D eigenvalue weighted by atomic mass is 10.2. The number of aromatic nitrogens is 4. The minimum atomic E-state index is -0.431. The highest BCUT2D eigenvalue weighted by molar-refractivity contribution is 9.10. The Bertz CT molecular complexity index is 690. The van der Waals surface area contributed by atoms with E-state index in [-0.39, 0.29) is 5.69 Å². The predicted molar refractivity (Wildman–Crippen MR) is 80.3 cm³/mol. The van der Waals surface area contributed by atoms with Gasteiger partial charge in [-0.2, -0.15) is 0 Å². The molecule has 9 heteroatoms. The van der Waals surface area contributed by atoms with Crippen LogP contribution in [0.4, 0.5) is 5.69 Å². The fourth-order valence-electron chi connectivity index (χ4n) is 2.25. The Labute approximate surface area is 133 Å². The summed E-state index contributed by atoms with van der Waals surface area (Å²) in [5.74, 6) is 0.953. The van der Waals surface area contributed by atoms with Crippen molar-refractivity contribution in [1.82, 2.24) is 19.7 Å². The molecule has 0 N–H and O–H groups in total. The van der Waals surface area contributed by atoms with Crippen LogP contribution in [0, 0.1) is 10.1 Å². The average molecular weight is 370 g/mol. The fraction of sp³-hybridized carbons (Fsp3) is 0.417. The molecule has 3 rings (SSSR count). The first-order valence-electron chi connectivity index (χ1n) is 6.55. The molecule has 110 valence electrons. The third kappa shape index (κ3) is 3.08. The monoisotopic (exact) mass is 369 g/mol. The van der Waals surface area contributed by atoms with Gasteiger partial charge >= 0.3 is 5.69 Å². The maximum atomic E-state index is 11.1. The highest BCUT2D eigenvalue weighted by atomic mass is 79.9. The molecule has 0 unspecified atom stereocenters. The van der Waals surface area contributed by atoms with E-state index in [1.807, 2.05) is 4.57 Å². The summed E-state index contributed by atoms with van der Waals surface area (Å²) in [5.41, 5.74) is -0.0275. The number of nitrogens with zero attached hydrogens (tertiary/aromatic N) is 5. The summed E-state index contributed by atoms with van der Waals surface area (Å²) >= 11 is 4.40. The Morgan fingerprint density at radius 1 is 1.33 bits per heavy atom. The van der Waals surface area contributed by atoms with Crippen molar-refractivity contribution in [2.24, 2.45) is 0 Å². The molecule has 1 aliphatic heterocycles. The van der Waals surface area contributed by atoms with Crippen LogP contribution < -0.4 is 0 Å². The molecule has 2 aromatic rings. The third-order valence-corrected chi connectivity index (χ3v) is 4.69. The van der Waals surface area contributed by atoms with E-state index in [4.69, 9.17) is 0 Å². The minimum Gasteiger partial charge on any atom is -0.306 e. The van der Waals surface area contributed by atoms with Crippen molar-refractivity contribution < 1.29 is 4.92 Å². The number of nitro groups is 1. The number of hydrogen-bond acceptors (Lipinski definition) is 6. The first kappa shape index (κ1) is 14.5. The second-order valence-electron chi connectivity index (χ2n) is 4.70. The molecule has 0 bridgehead atoms. The van der Waals surface area contributed by atoms with E-state index in [1.54, 1.807) is 6.20 Å². The molecule has 0 atom stereocenters. The summed E-state index contributed by atoms with van der Waals surface area (Å²) < 4.78 is 2.63. The SMILES string of the molecule is O=[N+]([O-])c1cc(Br)cnc1Sc1nnc2n1CCCCC2. The van der Waals surface area contributed by atoms with Crippen molar-refractivity contribution in [3.8, 4) is 0 Å². The highest BCUT2D eigenvalue weighted by Gasteiger charge is 2.22. The molecule has 0 amide bonds. The molecule has 0 saturated carbocycles. The van der Waals surface area contributed by atoms with Crippen LogP contribution in [0.2, 0.25) is 0 Å². The van der Waals surface area contributed by atoms with E-state index in [1.165, 1.54) is 24.2 Å². The van der Waals surface area contributed by atoms with Gasteiger partial charge in [0.1, 0.15) is 5.82 Å². The predicted octanol–water partition coefficient (Wildman–Crippen LogP) is 3.22. The van der Waals surface area contributed by atoms with E-state index < -0.39 is 4.92 Å². The number of halogens is 1. The third-order valence-electron chi connectivity index (χ3n) is 3.26. The van der Waals surface area contributed by atoms with Gasteiger partial charge in [-0.15, -0.1) is 10.2 Å². The molecule has 0 spiro atoms. The maximum Gasteiger partial charge on any atom is 0.302 e. The van der Waals surface area contributed by atoms with E-state index in [9.17, 15) is 10.1 Å². The van der Waals surface area contributed by atoms with Gasteiger partial charge in [0.2, 0.25) is 0 Å². The van der Waals surface area contributed by atoms with E-state index in [0.717, 1.165) is 31.6 Å². The number of hydrogen-bond donors (Lipinski definition) is 0. The van der Waals surface area contributed by atoms with Crippen molar-refractivity contribution in [3.63, 3.8) is 0 Å². The van der Waals surface area contributed by atoms with Crippen LogP contribution in [0.15, 0.2) is 26.9 Å². The average Bonchev–Trinajstić information content (AvgIpc) is 2.69. The highest BCUT2D eigenvalue weighted by Crippen LogP contribution is 2.34. The molecule has 0 aliphatic carbocycles. The zero-order valence-corrected chi connectivity index (χ0v) is 13.4. The van der Waals surface area contributed by atoms with E-state index >= 15 is 0 Å². The number of rotatable bonds is 3. The van der Waals surface area contributed by atoms with Crippen LogP contribution in [0.25, 0.3) is 0 Å². The van der Waals surface area contributed by atoms with Crippen LogP contribution in [0.1, 0.15) is 25.1 Å². The lowest BCUT2D eigenvalue weighted by Crippen LogP contribution is -2.03. The van der Waals surface area contributed by atoms with Crippen molar-refractivity contribution in [1.29, 1.82) is 0 Å². The standard InChI is InChI=1S/C12H12BrN5O2S/c13-8-6-9(18(19)20)11(14-7-8)21-12-16-15-10-4-2-1-3-5-17(10)12/h6-7H,1-5H2. The summed E-state index contributed by atoms with van der Waals surface area (Å²) in [6.45, 7) is 0.856. The molecule has 7 nitrogen and oxygen atoms in total. The first-order valence-corrected chi connectivity index (χ1v) is 8.16. The van der Waals surface area contributed by atoms with Crippen LogP contribution >= 0.6 is 27.7 Å². The molecule has 1 aliphatic rings. The summed E-state index contributed by atoms with van der Waals surface area (Å²) in [5, 5.41) is 20.5. The Morgan fingerprint density at radius 2 is 2.19 bits per heavy atom. The smallest absolute Gasteiger partial charge is 0.302 e. The first-order chi connectivity index (χ1) is 10.1. The largest absolute Gasteiger partial charge is 0.306 e. The number of aryl methyl sites for hydroxylation is 1. The van der Waals surface area contributed by atoms with Gasteiger partial charge in [-0.05, 0) is 40.5 Å². The van der Waals surface area contributed by atoms with Crippen molar-refractivity contribution in [3.05, 3.63) is 32.7 Å². The van der Waals surface area contributed by atoms with Gasteiger partial charge in [0.25, 0.3) is 0 Å². The zero-order chi connectivity index (χ0) is 14.8. The second kappa shape index (κ2) is 6.10. The molecular formula is C12H12BrN5O2S. The zero-order valence-electron chi connectivity index (χ0n) is 11.0. The van der Waals surface area contributed by atoms with Crippen LogP contribution in [0.3, 0.4) is 0 Å². The Kier molecular flexibility index (Phi) is 4.20. The van der Waals surface area contributed by atoms with Crippen LogP contribution in [-0.2, 0) is 13.0 Å². The molecule has 0 saturated heterocycles. The molecular weight excluding hydrogens is 358 g/mol. The molecule has 21 heavy (non-hydrogen) atoms. The lowest BCUT2D eigenvalue weighted by molar-refractivity contribution is -0.388. The van der Waals surface area contributed by atoms with Crippen LogP contribution in [-0.4, -0.2) is 24.7 Å². The summed E-state index contributed by atoms with van der Waals surface area (Å²) in [7, 11) is 0. The molecule has 2 aromatic heterocycles. The molecule has 0 aromatic carbocycles. The second-order valence-corrected chi connectivity index (χ2v) is 6.57. The van der Waals surface area contributed by atoms with Crippen molar-refractivity contribution >= 4 is 33.4 Å². The van der Waals surface area contributed by atoms with Gasteiger partial charge in [0.15, 0.2) is 10.2 Å². The summed E-state index contributed by atoms with van der Waals surface area (Å²) in [6, 6.07) is 1.45. The minimum absolute atomic E-state index is 0.0275.